The van der Waals surface area contributed by atoms with Gasteiger partial charge in [-0.25, -0.2) is 0 Å². The van der Waals surface area contributed by atoms with E-state index in [1.807, 2.05) is 24.4 Å². The van der Waals surface area contributed by atoms with E-state index in [0.29, 0.717) is 15.5 Å². The Labute approximate surface area is 156 Å². The van der Waals surface area contributed by atoms with Gasteiger partial charge in [-0.05, 0) is 55.0 Å². The molecule has 0 aliphatic carbocycles. The SMILES string of the molecule is Cc1ccc(CSC(=Cc2ccc[nH]2)C(=O)c2ccc(Cl)cc2)cc1. The molecule has 0 aliphatic heterocycles. The summed E-state index contributed by atoms with van der Waals surface area (Å²) in [6.45, 7) is 2.07. The molecule has 0 unspecified atom stereocenters. The van der Waals surface area contributed by atoms with E-state index in [9.17, 15) is 4.79 Å². The molecule has 2 nitrogen and oxygen atoms in total. The van der Waals surface area contributed by atoms with Gasteiger partial charge in [-0.1, -0.05) is 41.4 Å². The van der Waals surface area contributed by atoms with Gasteiger partial charge in [-0.15, -0.1) is 11.8 Å². The summed E-state index contributed by atoms with van der Waals surface area (Å²) in [4.78, 5) is 16.7. The molecule has 2 aromatic carbocycles. The fourth-order valence-electron chi connectivity index (χ4n) is 2.34. The Balaban J connectivity index is 1.83. The topological polar surface area (TPSA) is 32.9 Å². The number of ketones is 1. The van der Waals surface area contributed by atoms with Crippen molar-refractivity contribution in [3.8, 4) is 0 Å². The predicted octanol–water partition coefficient (Wildman–Crippen LogP) is 6.13. The number of aromatic nitrogens is 1. The molecule has 1 N–H and O–H groups in total. The van der Waals surface area contributed by atoms with Crippen molar-refractivity contribution < 1.29 is 4.79 Å². The molecule has 0 saturated carbocycles. The maximum absolute atomic E-state index is 12.9. The number of thioether (sulfide) groups is 1. The number of carbonyl (C=O) groups excluding carboxylic acids is 1. The smallest absolute Gasteiger partial charge is 0.199 e. The average molecular weight is 368 g/mol. The number of aromatic amines is 1. The molecule has 0 amide bonds. The minimum atomic E-state index is 0.00313. The molecule has 0 saturated heterocycles. The summed E-state index contributed by atoms with van der Waals surface area (Å²) in [6, 6.07) is 19.2. The second-order valence-corrected chi connectivity index (χ2v) is 7.20. The Morgan fingerprint density at radius 3 is 2.44 bits per heavy atom. The minimum absolute atomic E-state index is 0.00313. The fourth-order valence-corrected chi connectivity index (χ4v) is 3.44. The maximum Gasteiger partial charge on any atom is 0.199 e. The Kier molecular flexibility index (Phi) is 5.79. The first kappa shape index (κ1) is 17.6. The van der Waals surface area contributed by atoms with Gasteiger partial charge in [0.25, 0.3) is 0 Å². The van der Waals surface area contributed by atoms with Crippen LogP contribution in [-0.4, -0.2) is 10.8 Å². The third-order valence-corrected chi connectivity index (χ3v) is 5.10. The summed E-state index contributed by atoms with van der Waals surface area (Å²) >= 11 is 7.47. The lowest BCUT2D eigenvalue weighted by molar-refractivity contribution is 0.104. The molecular weight excluding hydrogens is 350 g/mol. The van der Waals surface area contributed by atoms with E-state index in [2.05, 4.69) is 36.2 Å². The molecule has 0 aliphatic rings. The average Bonchev–Trinajstić information content (AvgIpc) is 3.13. The summed E-state index contributed by atoms with van der Waals surface area (Å²) in [7, 11) is 0. The molecule has 4 heteroatoms. The second-order valence-electron chi connectivity index (χ2n) is 5.74. The lowest BCUT2D eigenvalue weighted by Crippen LogP contribution is -2.01. The molecule has 3 rings (SSSR count). The Morgan fingerprint density at radius 2 is 1.80 bits per heavy atom. The van der Waals surface area contributed by atoms with E-state index in [4.69, 9.17) is 11.6 Å². The van der Waals surface area contributed by atoms with Gasteiger partial charge in [0.1, 0.15) is 0 Å². The van der Waals surface area contributed by atoms with Crippen molar-refractivity contribution in [2.75, 3.05) is 0 Å². The first-order chi connectivity index (χ1) is 12.1. The van der Waals surface area contributed by atoms with Crippen molar-refractivity contribution in [2.24, 2.45) is 0 Å². The quantitative estimate of drug-likeness (QED) is 0.419. The molecule has 0 fully saturated rings. The summed E-state index contributed by atoms with van der Waals surface area (Å²) in [5.41, 5.74) is 3.97. The Morgan fingerprint density at radius 1 is 1.08 bits per heavy atom. The number of aryl methyl sites for hydroxylation is 1. The van der Waals surface area contributed by atoms with Crippen molar-refractivity contribution >= 4 is 35.2 Å². The van der Waals surface area contributed by atoms with Crippen molar-refractivity contribution in [2.45, 2.75) is 12.7 Å². The van der Waals surface area contributed by atoms with Crippen LogP contribution in [0.3, 0.4) is 0 Å². The maximum atomic E-state index is 12.9. The second kappa shape index (κ2) is 8.24. The third-order valence-electron chi connectivity index (χ3n) is 3.75. The van der Waals surface area contributed by atoms with Crippen molar-refractivity contribution in [1.82, 2.24) is 4.98 Å². The van der Waals surface area contributed by atoms with Crippen LogP contribution in [0.2, 0.25) is 5.02 Å². The van der Waals surface area contributed by atoms with Crippen LogP contribution < -0.4 is 0 Å². The number of Topliss-reactive ketones (excluding diaryl/α,β-unsaturated/α-hetero) is 1. The van der Waals surface area contributed by atoms with E-state index in [-0.39, 0.29) is 5.78 Å². The lowest BCUT2D eigenvalue weighted by atomic mass is 10.1. The van der Waals surface area contributed by atoms with Crippen molar-refractivity contribution in [3.63, 3.8) is 0 Å². The highest BCUT2D eigenvalue weighted by Crippen LogP contribution is 2.27. The summed E-state index contributed by atoms with van der Waals surface area (Å²) in [5.74, 6) is 0.745. The fraction of sp³-hybridized carbons (Fsp3) is 0.0952. The number of hydrogen-bond donors (Lipinski definition) is 1. The normalized spacial score (nSPS) is 11.5. The first-order valence-electron chi connectivity index (χ1n) is 7.95. The minimum Gasteiger partial charge on any atom is -0.362 e. The van der Waals surface area contributed by atoms with Gasteiger partial charge < -0.3 is 4.98 Å². The first-order valence-corrected chi connectivity index (χ1v) is 9.32. The van der Waals surface area contributed by atoms with Gasteiger partial charge >= 0.3 is 0 Å². The number of halogens is 1. The lowest BCUT2D eigenvalue weighted by Gasteiger charge is -2.08. The molecule has 0 bridgehead atoms. The highest BCUT2D eigenvalue weighted by Gasteiger charge is 2.14. The Hall–Kier alpha value is -2.23. The molecule has 3 aromatic rings. The summed E-state index contributed by atoms with van der Waals surface area (Å²) < 4.78 is 0. The van der Waals surface area contributed by atoms with E-state index in [1.165, 1.54) is 11.1 Å². The van der Waals surface area contributed by atoms with E-state index in [0.717, 1.165) is 11.4 Å². The third kappa shape index (κ3) is 4.88. The van der Waals surface area contributed by atoms with Crippen LogP contribution in [0.15, 0.2) is 71.8 Å². The number of rotatable bonds is 6. The number of carbonyl (C=O) groups is 1. The van der Waals surface area contributed by atoms with Crippen molar-refractivity contribution in [1.29, 1.82) is 0 Å². The van der Waals surface area contributed by atoms with Gasteiger partial charge in [0.2, 0.25) is 0 Å². The van der Waals surface area contributed by atoms with Gasteiger partial charge in [-0.3, -0.25) is 4.79 Å². The van der Waals surface area contributed by atoms with Crippen LogP contribution in [-0.2, 0) is 5.75 Å². The monoisotopic (exact) mass is 367 g/mol. The van der Waals surface area contributed by atoms with Gasteiger partial charge in [0.05, 0.1) is 4.91 Å². The molecular formula is C21H18ClNOS. The Bertz CT molecular complexity index is 865. The number of nitrogens with one attached hydrogen (secondary N) is 1. The molecule has 1 aromatic heterocycles. The van der Waals surface area contributed by atoms with Gasteiger partial charge in [0, 0.05) is 28.2 Å². The number of allylic oxidation sites excluding steroid dienone is 1. The molecule has 25 heavy (non-hydrogen) atoms. The van der Waals surface area contributed by atoms with Gasteiger partial charge in [-0.2, -0.15) is 0 Å². The number of hydrogen-bond acceptors (Lipinski definition) is 2. The van der Waals surface area contributed by atoms with Crippen LogP contribution >= 0.6 is 23.4 Å². The highest BCUT2D eigenvalue weighted by molar-refractivity contribution is 8.03. The number of H-pyrrole nitrogens is 1. The van der Waals surface area contributed by atoms with Crippen LogP contribution in [0, 0.1) is 6.92 Å². The largest absolute Gasteiger partial charge is 0.362 e. The molecule has 0 radical (unpaired) electrons. The molecule has 126 valence electrons. The zero-order valence-electron chi connectivity index (χ0n) is 13.8. The van der Waals surface area contributed by atoms with Crippen molar-refractivity contribution in [3.05, 3.63) is 99.2 Å². The standard InChI is InChI=1S/C21H18ClNOS/c1-15-4-6-16(7-5-15)14-25-20(13-19-3-2-12-23-19)21(24)17-8-10-18(22)11-9-17/h2-13,23H,14H2,1H3. The zero-order chi connectivity index (χ0) is 17.6. The van der Waals surface area contributed by atoms with Crippen LogP contribution in [0.1, 0.15) is 27.2 Å². The highest BCUT2D eigenvalue weighted by atomic mass is 35.5. The van der Waals surface area contributed by atoms with Gasteiger partial charge in [0.15, 0.2) is 5.78 Å². The molecule has 1 heterocycles. The van der Waals surface area contributed by atoms with E-state index in [1.54, 1.807) is 36.0 Å². The van der Waals surface area contributed by atoms with Crippen LogP contribution in [0.5, 0.6) is 0 Å². The summed E-state index contributed by atoms with van der Waals surface area (Å²) in [6.07, 6.45) is 3.75. The zero-order valence-corrected chi connectivity index (χ0v) is 15.4. The predicted molar refractivity (Wildman–Crippen MR) is 107 cm³/mol. The van der Waals surface area contributed by atoms with Crippen LogP contribution in [0.25, 0.3) is 6.08 Å². The molecule has 0 spiro atoms. The van der Waals surface area contributed by atoms with E-state index >= 15 is 0 Å². The summed E-state index contributed by atoms with van der Waals surface area (Å²) in [5, 5.41) is 0.624. The van der Waals surface area contributed by atoms with Crippen LogP contribution in [0.4, 0.5) is 0 Å². The molecule has 0 atom stereocenters. The number of benzene rings is 2. The van der Waals surface area contributed by atoms with E-state index < -0.39 is 0 Å².